The molecule has 0 aromatic heterocycles. The molecule has 0 bridgehead atoms. The van der Waals surface area contributed by atoms with Gasteiger partial charge in [0.1, 0.15) is 5.78 Å². The summed E-state index contributed by atoms with van der Waals surface area (Å²) in [6, 6.07) is 0. The van der Waals surface area contributed by atoms with Crippen LogP contribution in [0.25, 0.3) is 0 Å². The van der Waals surface area contributed by atoms with Crippen molar-refractivity contribution in [1.82, 2.24) is 0 Å². The molecule has 0 saturated heterocycles. The molecule has 4 heteroatoms. The maximum absolute atomic E-state index is 12.7. The van der Waals surface area contributed by atoms with E-state index in [-0.39, 0.29) is 17.2 Å². The van der Waals surface area contributed by atoms with Crippen LogP contribution in [0.1, 0.15) is 71.6 Å². The maximum atomic E-state index is 12.7. The fraction of sp³-hybridized carbons (Fsp3) is 0.783. The van der Waals surface area contributed by atoms with E-state index in [1.165, 1.54) is 12.5 Å². The molecule has 0 amide bonds. The van der Waals surface area contributed by atoms with E-state index < -0.39 is 0 Å². The molecule has 0 aromatic carbocycles. The standard InChI is InChI=1S/C23H32O4/c1-14(24)27-11-3-4-15-12-16-13-17(25)5-6-18(16)19-9-10-23(2)20(22(15)19)7-8-21(23)26/h13,15,18-20,22H,3-12H2,1-2H3/t15-,18+,19-,20+,22-,23+/m1/s1. The van der Waals surface area contributed by atoms with Gasteiger partial charge in [-0.15, -0.1) is 0 Å². The minimum absolute atomic E-state index is 0.124. The zero-order chi connectivity index (χ0) is 19.2. The number of esters is 1. The first-order valence-corrected chi connectivity index (χ1v) is 10.8. The molecular formula is C23H32O4. The topological polar surface area (TPSA) is 60.4 Å². The summed E-state index contributed by atoms with van der Waals surface area (Å²) in [4.78, 5) is 35.7. The normalized spacial score (nSPS) is 40.7. The lowest BCUT2D eigenvalue weighted by molar-refractivity contribution is -0.141. The number of carbonyl (C=O) groups excluding carboxylic acids is 3. The molecule has 4 nitrogen and oxygen atoms in total. The maximum Gasteiger partial charge on any atom is 0.302 e. The van der Waals surface area contributed by atoms with E-state index in [1.54, 1.807) is 0 Å². The molecule has 3 fully saturated rings. The van der Waals surface area contributed by atoms with Crippen LogP contribution in [0, 0.1) is 35.0 Å². The minimum Gasteiger partial charge on any atom is -0.466 e. The minimum atomic E-state index is -0.219. The molecule has 148 valence electrons. The van der Waals surface area contributed by atoms with Crippen LogP contribution in [-0.2, 0) is 19.1 Å². The highest BCUT2D eigenvalue weighted by atomic mass is 16.5. The van der Waals surface area contributed by atoms with E-state index in [2.05, 4.69) is 6.92 Å². The fourth-order valence-electron chi connectivity index (χ4n) is 7.01. The molecule has 0 heterocycles. The molecule has 27 heavy (non-hydrogen) atoms. The Morgan fingerprint density at radius 3 is 2.81 bits per heavy atom. The summed E-state index contributed by atoms with van der Waals surface area (Å²) in [5.74, 6) is 3.32. The van der Waals surface area contributed by atoms with Gasteiger partial charge in [-0.25, -0.2) is 0 Å². The lowest BCUT2D eigenvalue weighted by Crippen LogP contribution is -2.50. The Balaban J connectivity index is 1.58. The van der Waals surface area contributed by atoms with Gasteiger partial charge >= 0.3 is 5.97 Å². The predicted molar refractivity (Wildman–Crippen MR) is 102 cm³/mol. The zero-order valence-corrected chi connectivity index (χ0v) is 16.7. The number of ether oxygens (including phenoxy) is 1. The largest absolute Gasteiger partial charge is 0.466 e. The molecule has 4 aliphatic carbocycles. The second kappa shape index (κ2) is 7.18. The van der Waals surface area contributed by atoms with Gasteiger partial charge in [-0.1, -0.05) is 12.5 Å². The van der Waals surface area contributed by atoms with Crippen molar-refractivity contribution in [2.45, 2.75) is 71.6 Å². The number of allylic oxidation sites excluding steroid dienone is 1. The average Bonchev–Trinajstić information content (AvgIpc) is 2.93. The third kappa shape index (κ3) is 3.30. The summed E-state index contributed by atoms with van der Waals surface area (Å²) < 4.78 is 5.15. The fourth-order valence-corrected chi connectivity index (χ4v) is 7.01. The van der Waals surface area contributed by atoms with E-state index in [9.17, 15) is 14.4 Å². The summed E-state index contributed by atoms with van der Waals surface area (Å²) >= 11 is 0. The molecule has 0 spiro atoms. The smallest absolute Gasteiger partial charge is 0.302 e. The van der Waals surface area contributed by atoms with Crippen LogP contribution in [0.2, 0.25) is 0 Å². The van der Waals surface area contributed by atoms with Gasteiger partial charge in [0.05, 0.1) is 6.61 Å². The van der Waals surface area contributed by atoms with Gasteiger partial charge in [0.15, 0.2) is 5.78 Å². The Morgan fingerprint density at radius 1 is 1.22 bits per heavy atom. The lowest BCUT2D eigenvalue weighted by atomic mass is 9.49. The van der Waals surface area contributed by atoms with Crippen LogP contribution >= 0.6 is 0 Å². The molecule has 4 rings (SSSR count). The van der Waals surface area contributed by atoms with Crippen LogP contribution in [0.4, 0.5) is 0 Å². The monoisotopic (exact) mass is 372 g/mol. The Morgan fingerprint density at radius 2 is 2.04 bits per heavy atom. The number of hydrogen-bond acceptors (Lipinski definition) is 4. The third-order valence-electron chi connectivity index (χ3n) is 8.20. The number of rotatable bonds is 4. The molecule has 0 unspecified atom stereocenters. The van der Waals surface area contributed by atoms with E-state index in [0.29, 0.717) is 48.4 Å². The van der Waals surface area contributed by atoms with Gasteiger partial charge in [-0.05, 0) is 80.6 Å². The summed E-state index contributed by atoms with van der Waals surface area (Å²) in [6.45, 7) is 4.15. The van der Waals surface area contributed by atoms with Crippen molar-refractivity contribution in [2.24, 2.45) is 35.0 Å². The number of ketones is 2. The molecule has 3 saturated carbocycles. The molecule has 0 N–H and O–H groups in total. The van der Waals surface area contributed by atoms with Gasteiger partial charge in [-0.3, -0.25) is 14.4 Å². The molecule has 6 atom stereocenters. The second-order valence-electron chi connectivity index (χ2n) is 9.54. The first-order valence-electron chi connectivity index (χ1n) is 10.8. The van der Waals surface area contributed by atoms with Crippen LogP contribution < -0.4 is 0 Å². The van der Waals surface area contributed by atoms with E-state index in [1.807, 2.05) is 6.08 Å². The molecule has 0 aromatic rings. The van der Waals surface area contributed by atoms with Crippen LogP contribution in [0.5, 0.6) is 0 Å². The van der Waals surface area contributed by atoms with Crippen molar-refractivity contribution in [2.75, 3.05) is 6.61 Å². The van der Waals surface area contributed by atoms with Gasteiger partial charge in [0, 0.05) is 25.2 Å². The van der Waals surface area contributed by atoms with Crippen molar-refractivity contribution in [3.63, 3.8) is 0 Å². The van der Waals surface area contributed by atoms with Gasteiger partial charge in [0.2, 0.25) is 0 Å². The SMILES string of the molecule is CC(=O)OCCC[C@@H]1CC2=CC(=O)CC[C@@H]2[C@H]2CC[C@]3(C)C(=O)CC[C@H]3[C@H]12. The Kier molecular flexibility index (Phi) is 5.02. The predicted octanol–water partition coefficient (Wildman–Crippen LogP) is 4.27. The summed E-state index contributed by atoms with van der Waals surface area (Å²) in [5, 5.41) is 0. The van der Waals surface area contributed by atoms with Crippen molar-refractivity contribution >= 4 is 17.5 Å². The highest BCUT2D eigenvalue weighted by Crippen LogP contribution is 2.62. The van der Waals surface area contributed by atoms with Crippen LogP contribution in [0.15, 0.2) is 11.6 Å². The highest BCUT2D eigenvalue weighted by Gasteiger charge is 2.58. The molecular weight excluding hydrogens is 340 g/mol. The first-order chi connectivity index (χ1) is 12.9. The summed E-state index contributed by atoms with van der Waals surface area (Å²) in [5.41, 5.74) is 1.25. The number of Topliss-reactive ketones (excluding diaryl/α,β-unsaturated/α-hetero) is 1. The number of fused-ring (bicyclic) bond motifs is 5. The van der Waals surface area contributed by atoms with Crippen LogP contribution in [0.3, 0.4) is 0 Å². The number of carbonyl (C=O) groups is 3. The Hall–Kier alpha value is -1.45. The first kappa shape index (κ1) is 18.9. The Bertz CT molecular complexity index is 678. The zero-order valence-electron chi connectivity index (χ0n) is 16.7. The van der Waals surface area contributed by atoms with Crippen molar-refractivity contribution in [3.05, 3.63) is 11.6 Å². The van der Waals surface area contributed by atoms with E-state index in [0.717, 1.165) is 51.4 Å². The van der Waals surface area contributed by atoms with Gasteiger partial charge in [-0.2, -0.15) is 0 Å². The molecule has 0 aliphatic heterocycles. The van der Waals surface area contributed by atoms with Crippen LogP contribution in [-0.4, -0.2) is 24.1 Å². The van der Waals surface area contributed by atoms with Gasteiger partial charge < -0.3 is 4.74 Å². The quantitative estimate of drug-likeness (QED) is 0.546. The molecule has 0 radical (unpaired) electrons. The van der Waals surface area contributed by atoms with E-state index in [4.69, 9.17) is 4.74 Å². The van der Waals surface area contributed by atoms with Gasteiger partial charge in [0.25, 0.3) is 0 Å². The Labute approximate surface area is 162 Å². The van der Waals surface area contributed by atoms with Crippen molar-refractivity contribution < 1.29 is 19.1 Å². The van der Waals surface area contributed by atoms with E-state index >= 15 is 0 Å². The summed E-state index contributed by atoms with van der Waals surface area (Å²) in [7, 11) is 0. The second-order valence-corrected chi connectivity index (χ2v) is 9.54. The van der Waals surface area contributed by atoms with Crippen molar-refractivity contribution in [1.29, 1.82) is 0 Å². The summed E-state index contributed by atoms with van der Waals surface area (Å²) in [6.07, 6.45) is 10.5. The third-order valence-corrected chi connectivity index (χ3v) is 8.20. The number of hydrogen-bond donors (Lipinski definition) is 0. The average molecular weight is 373 g/mol. The lowest BCUT2D eigenvalue weighted by Gasteiger charge is -2.55. The van der Waals surface area contributed by atoms with Crippen molar-refractivity contribution in [3.8, 4) is 0 Å². The molecule has 4 aliphatic rings. The highest BCUT2D eigenvalue weighted by molar-refractivity contribution is 5.91.